The Labute approximate surface area is 85.7 Å². The smallest absolute Gasteiger partial charge is 0.222 e. The number of carbonyl (C=O) groups excluding carboxylic acids is 2. The molecule has 82 valence electrons. The van der Waals surface area contributed by atoms with Crippen LogP contribution in [0.5, 0.6) is 0 Å². The molecule has 0 radical (unpaired) electrons. The number of rotatable bonds is 5. The Balaban J connectivity index is -0.000000168. The van der Waals surface area contributed by atoms with E-state index in [0.717, 1.165) is 12.2 Å². The van der Waals surface area contributed by atoms with Gasteiger partial charge in [-0.2, -0.15) is 0 Å². The lowest BCUT2D eigenvalue weighted by Gasteiger charge is -1.93. The Kier molecular flexibility index (Phi) is 39.4. The summed E-state index contributed by atoms with van der Waals surface area (Å²) in [5.74, 6) is 0. The van der Waals surface area contributed by atoms with Crippen molar-refractivity contribution in [1.82, 2.24) is 0 Å². The van der Waals surface area contributed by atoms with E-state index in [1.165, 1.54) is 38.5 Å². The van der Waals surface area contributed by atoms with Crippen molar-refractivity contribution in [2.24, 2.45) is 0 Å². The molecule has 0 amide bonds. The third-order valence-corrected chi connectivity index (χ3v) is 1.46. The Morgan fingerprint density at radius 1 is 0.786 bits per heavy atom. The van der Waals surface area contributed by atoms with Crippen LogP contribution in [0.1, 0.15) is 52.4 Å². The molecule has 0 aliphatic carbocycles. The van der Waals surface area contributed by atoms with Crippen LogP contribution in [0, 0.1) is 10.8 Å². The minimum absolute atomic E-state index is 0.750. The highest BCUT2D eigenvalue weighted by atomic mass is 16.1. The van der Waals surface area contributed by atoms with Gasteiger partial charge in [0.1, 0.15) is 0 Å². The largest absolute Gasteiger partial charge is 0.231 e. The number of unbranched alkanes of at least 4 members (excludes halogenated alkanes) is 5. The molecule has 0 saturated heterocycles. The van der Waals surface area contributed by atoms with E-state index in [-0.39, 0.29) is 0 Å². The van der Waals surface area contributed by atoms with E-state index in [1.807, 2.05) is 0 Å². The summed E-state index contributed by atoms with van der Waals surface area (Å²) < 4.78 is 0. The molecule has 0 aliphatic heterocycles. The summed E-state index contributed by atoms with van der Waals surface area (Å²) in [6, 6.07) is 0. The van der Waals surface area contributed by atoms with E-state index in [1.54, 1.807) is 0 Å². The maximum Gasteiger partial charge on any atom is 0.231 e. The lowest BCUT2D eigenvalue weighted by molar-refractivity contribution is 0.562. The molecule has 0 rings (SSSR count). The van der Waals surface area contributed by atoms with Gasteiger partial charge < -0.3 is 0 Å². The van der Waals surface area contributed by atoms with E-state index >= 15 is 0 Å². The zero-order chi connectivity index (χ0) is 11.7. The van der Waals surface area contributed by atoms with Crippen LogP contribution in [0.4, 0.5) is 0 Å². The minimum Gasteiger partial charge on any atom is -0.222 e. The van der Waals surface area contributed by atoms with E-state index in [0.29, 0.717) is 0 Å². The fraction of sp³-hybridized carbons (Fsp3) is 0.800. The normalized spacial score (nSPS) is 6.71. The molecule has 0 heterocycles. The predicted octanol–water partition coefficient (Wildman–Crippen LogP) is 3.17. The molecule has 14 heavy (non-hydrogen) atoms. The second-order valence-corrected chi connectivity index (χ2v) is 2.62. The van der Waals surface area contributed by atoms with E-state index in [9.17, 15) is 0 Å². The van der Waals surface area contributed by atoms with Gasteiger partial charge in [-0.05, 0) is 0 Å². The average molecular weight is 200 g/mol. The first kappa shape index (κ1) is 18.5. The van der Waals surface area contributed by atoms with E-state index in [2.05, 4.69) is 13.8 Å². The Morgan fingerprint density at radius 2 is 1.00 bits per heavy atom. The predicted molar refractivity (Wildman–Crippen MR) is 55.9 cm³/mol. The molecular formula is C10H20N2O2. The van der Waals surface area contributed by atoms with Crippen molar-refractivity contribution >= 4 is 12.2 Å². The molecule has 0 saturated carbocycles. The zero-order valence-electron chi connectivity index (χ0n) is 9.06. The van der Waals surface area contributed by atoms with Crippen LogP contribution in [0.3, 0.4) is 0 Å². The van der Waals surface area contributed by atoms with Crippen molar-refractivity contribution in [3.8, 4) is 0 Å². The summed E-state index contributed by atoms with van der Waals surface area (Å²) in [5.41, 5.74) is 0. The topological polar surface area (TPSA) is 81.8 Å². The van der Waals surface area contributed by atoms with E-state index in [4.69, 9.17) is 20.4 Å². The summed E-state index contributed by atoms with van der Waals surface area (Å²) >= 11 is 0. The highest BCUT2D eigenvalue weighted by molar-refractivity contribution is 5.26. The van der Waals surface area contributed by atoms with Crippen LogP contribution in [-0.2, 0) is 9.59 Å². The number of hydrogen-bond acceptors (Lipinski definition) is 4. The van der Waals surface area contributed by atoms with Crippen molar-refractivity contribution < 1.29 is 9.59 Å². The first-order chi connectivity index (χ1) is 6.74. The summed E-state index contributed by atoms with van der Waals surface area (Å²) in [6.45, 7) is 4.51. The summed E-state index contributed by atoms with van der Waals surface area (Å²) in [5, 5.41) is 10.8. The van der Waals surface area contributed by atoms with Crippen LogP contribution < -0.4 is 0 Å². The standard InChI is InChI=1S/C8H18.2CHNO/c1-3-5-7-8-6-4-2;2*2-1-3/h3-8H2,1-2H3;2*2H. The van der Waals surface area contributed by atoms with Gasteiger partial charge in [-0.15, -0.1) is 0 Å². The molecule has 0 bridgehead atoms. The third-order valence-electron chi connectivity index (χ3n) is 1.46. The summed E-state index contributed by atoms with van der Waals surface area (Å²) in [4.78, 5) is 16.7. The zero-order valence-corrected chi connectivity index (χ0v) is 9.06. The Hall–Kier alpha value is -1.24. The first-order valence-corrected chi connectivity index (χ1v) is 4.82. The molecule has 0 aromatic carbocycles. The van der Waals surface area contributed by atoms with Crippen LogP contribution in [0.15, 0.2) is 0 Å². The molecule has 0 fully saturated rings. The summed E-state index contributed by atoms with van der Waals surface area (Å²) in [7, 11) is 0. The van der Waals surface area contributed by atoms with Gasteiger partial charge in [-0.3, -0.25) is 0 Å². The fourth-order valence-corrected chi connectivity index (χ4v) is 0.854. The SMILES string of the molecule is CCCCCCCC.N=C=O.N=C=O. The third kappa shape index (κ3) is 72.5. The Bertz CT molecular complexity index is 128. The van der Waals surface area contributed by atoms with Crippen LogP contribution in [-0.4, -0.2) is 12.2 Å². The van der Waals surface area contributed by atoms with Crippen LogP contribution >= 0.6 is 0 Å². The first-order valence-electron chi connectivity index (χ1n) is 4.82. The molecule has 0 aromatic rings. The lowest BCUT2D eigenvalue weighted by atomic mass is 10.1. The van der Waals surface area contributed by atoms with Gasteiger partial charge in [0.05, 0.1) is 0 Å². The quantitative estimate of drug-likeness (QED) is 0.406. The van der Waals surface area contributed by atoms with Crippen molar-refractivity contribution in [3.63, 3.8) is 0 Å². The van der Waals surface area contributed by atoms with Crippen molar-refractivity contribution in [2.45, 2.75) is 52.4 Å². The molecule has 4 heteroatoms. The fourth-order valence-electron chi connectivity index (χ4n) is 0.854. The van der Waals surface area contributed by atoms with Crippen LogP contribution in [0.2, 0.25) is 0 Å². The van der Waals surface area contributed by atoms with E-state index < -0.39 is 0 Å². The molecule has 0 unspecified atom stereocenters. The molecule has 4 nitrogen and oxygen atoms in total. The van der Waals surface area contributed by atoms with Gasteiger partial charge in [0.15, 0.2) is 0 Å². The highest BCUT2D eigenvalue weighted by Gasteiger charge is 1.83. The van der Waals surface area contributed by atoms with Gasteiger partial charge >= 0.3 is 0 Å². The second-order valence-electron chi connectivity index (χ2n) is 2.62. The van der Waals surface area contributed by atoms with Crippen molar-refractivity contribution in [3.05, 3.63) is 0 Å². The molecular weight excluding hydrogens is 180 g/mol. The van der Waals surface area contributed by atoms with Gasteiger partial charge in [-0.1, -0.05) is 52.4 Å². The minimum atomic E-state index is 0.750. The molecule has 0 spiro atoms. The monoisotopic (exact) mass is 200 g/mol. The number of hydrogen-bond donors (Lipinski definition) is 2. The molecule has 0 aliphatic rings. The summed E-state index contributed by atoms with van der Waals surface area (Å²) in [6.07, 6.45) is 9.99. The van der Waals surface area contributed by atoms with Gasteiger partial charge in [-0.25, -0.2) is 20.4 Å². The maximum atomic E-state index is 8.35. The van der Waals surface area contributed by atoms with Crippen molar-refractivity contribution in [2.75, 3.05) is 0 Å². The number of isocyanates is 2. The van der Waals surface area contributed by atoms with Crippen molar-refractivity contribution in [1.29, 1.82) is 10.8 Å². The second kappa shape index (κ2) is 29.8. The number of nitrogens with one attached hydrogen (secondary N) is 2. The van der Waals surface area contributed by atoms with Gasteiger partial charge in [0.25, 0.3) is 0 Å². The van der Waals surface area contributed by atoms with Gasteiger partial charge in [0.2, 0.25) is 12.2 Å². The Morgan fingerprint density at radius 3 is 1.14 bits per heavy atom. The maximum absolute atomic E-state index is 8.35. The highest BCUT2D eigenvalue weighted by Crippen LogP contribution is 2.03. The lowest BCUT2D eigenvalue weighted by Crippen LogP contribution is -1.73. The average Bonchev–Trinajstić information content (AvgIpc) is 2.15. The molecule has 0 atom stereocenters. The van der Waals surface area contributed by atoms with Gasteiger partial charge in [0, 0.05) is 0 Å². The molecule has 0 aromatic heterocycles. The molecule has 2 N–H and O–H groups in total. The van der Waals surface area contributed by atoms with Crippen LogP contribution in [0.25, 0.3) is 0 Å².